The van der Waals surface area contributed by atoms with Gasteiger partial charge in [0.2, 0.25) is 0 Å². The standard InChI is InChI=1S/C10H13NO4/c1-5-3-2-4-6(11)7(5)8(12)9(13)10(14)15/h2-4,8-9,12-13H,11H2,1H3,(H,14,15). The monoisotopic (exact) mass is 211 g/mol. The topological polar surface area (TPSA) is 104 Å². The smallest absolute Gasteiger partial charge is 0.335 e. The van der Waals surface area contributed by atoms with Crippen molar-refractivity contribution in [3.05, 3.63) is 29.3 Å². The molecule has 1 aromatic rings. The molecule has 5 nitrogen and oxygen atoms in total. The first-order chi connectivity index (χ1) is 6.95. The molecule has 0 amide bonds. The molecule has 1 rings (SSSR count). The summed E-state index contributed by atoms with van der Waals surface area (Å²) in [6, 6.07) is 4.91. The van der Waals surface area contributed by atoms with Crippen molar-refractivity contribution in [3.63, 3.8) is 0 Å². The van der Waals surface area contributed by atoms with E-state index < -0.39 is 18.2 Å². The SMILES string of the molecule is Cc1cccc(N)c1C(O)C(O)C(=O)O. The van der Waals surface area contributed by atoms with Crippen LogP contribution in [0.4, 0.5) is 5.69 Å². The number of aliphatic hydroxyl groups excluding tert-OH is 2. The zero-order valence-electron chi connectivity index (χ0n) is 8.21. The number of nitrogen functional groups attached to an aromatic ring is 1. The van der Waals surface area contributed by atoms with Crippen LogP contribution >= 0.6 is 0 Å². The summed E-state index contributed by atoms with van der Waals surface area (Å²) < 4.78 is 0. The van der Waals surface area contributed by atoms with Gasteiger partial charge in [-0.3, -0.25) is 0 Å². The highest BCUT2D eigenvalue weighted by Crippen LogP contribution is 2.26. The number of rotatable bonds is 3. The number of anilines is 1. The second kappa shape index (κ2) is 4.29. The third-order valence-electron chi connectivity index (χ3n) is 2.21. The molecule has 0 spiro atoms. The van der Waals surface area contributed by atoms with Crippen LogP contribution in [-0.2, 0) is 4.79 Å². The van der Waals surface area contributed by atoms with Gasteiger partial charge < -0.3 is 21.1 Å². The Hall–Kier alpha value is -1.59. The van der Waals surface area contributed by atoms with Crippen LogP contribution in [0.3, 0.4) is 0 Å². The van der Waals surface area contributed by atoms with Gasteiger partial charge in [-0.25, -0.2) is 4.79 Å². The summed E-state index contributed by atoms with van der Waals surface area (Å²) in [7, 11) is 0. The largest absolute Gasteiger partial charge is 0.479 e. The number of benzene rings is 1. The van der Waals surface area contributed by atoms with E-state index in [4.69, 9.17) is 10.8 Å². The van der Waals surface area contributed by atoms with E-state index in [1.165, 1.54) is 0 Å². The average molecular weight is 211 g/mol. The Balaban J connectivity index is 3.10. The molecule has 0 saturated heterocycles. The number of aliphatic hydroxyl groups is 2. The molecule has 0 aliphatic rings. The highest BCUT2D eigenvalue weighted by Gasteiger charge is 2.27. The van der Waals surface area contributed by atoms with E-state index in [9.17, 15) is 15.0 Å². The van der Waals surface area contributed by atoms with Crippen LogP contribution in [0.2, 0.25) is 0 Å². The van der Waals surface area contributed by atoms with Crippen molar-refractivity contribution in [2.75, 3.05) is 5.73 Å². The third-order valence-corrected chi connectivity index (χ3v) is 2.21. The summed E-state index contributed by atoms with van der Waals surface area (Å²) in [4.78, 5) is 10.5. The Morgan fingerprint density at radius 2 is 2.00 bits per heavy atom. The van der Waals surface area contributed by atoms with Crippen molar-refractivity contribution in [2.45, 2.75) is 19.1 Å². The maximum atomic E-state index is 10.5. The molecule has 0 aliphatic heterocycles. The van der Waals surface area contributed by atoms with E-state index in [1.54, 1.807) is 25.1 Å². The van der Waals surface area contributed by atoms with Crippen LogP contribution in [0.25, 0.3) is 0 Å². The number of aliphatic carboxylic acids is 1. The Bertz CT molecular complexity index is 357. The molecule has 1 aromatic carbocycles. The van der Waals surface area contributed by atoms with E-state index >= 15 is 0 Å². The number of carboxylic acid groups (broad SMARTS) is 1. The number of hydrogen-bond acceptors (Lipinski definition) is 4. The van der Waals surface area contributed by atoms with Crippen molar-refractivity contribution in [1.29, 1.82) is 0 Å². The first kappa shape index (κ1) is 11.5. The molecule has 2 atom stereocenters. The summed E-state index contributed by atoms with van der Waals surface area (Å²) in [5.74, 6) is -1.48. The third kappa shape index (κ3) is 2.26. The zero-order chi connectivity index (χ0) is 11.6. The lowest BCUT2D eigenvalue weighted by atomic mass is 9.98. The van der Waals surface area contributed by atoms with Gasteiger partial charge in [-0.05, 0) is 18.6 Å². The molecule has 5 heteroatoms. The zero-order valence-corrected chi connectivity index (χ0v) is 8.21. The first-order valence-electron chi connectivity index (χ1n) is 4.39. The fourth-order valence-electron chi connectivity index (χ4n) is 1.40. The lowest BCUT2D eigenvalue weighted by Gasteiger charge is -2.18. The number of nitrogens with two attached hydrogens (primary N) is 1. The molecular weight excluding hydrogens is 198 g/mol. The molecule has 82 valence electrons. The Morgan fingerprint density at radius 1 is 1.40 bits per heavy atom. The van der Waals surface area contributed by atoms with E-state index in [2.05, 4.69) is 0 Å². The lowest BCUT2D eigenvalue weighted by Crippen LogP contribution is -2.28. The predicted molar refractivity (Wildman–Crippen MR) is 54.2 cm³/mol. The van der Waals surface area contributed by atoms with Crippen LogP contribution in [0.5, 0.6) is 0 Å². The average Bonchev–Trinajstić information content (AvgIpc) is 2.15. The first-order valence-corrected chi connectivity index (χ1v) is 4.39. The van der Waals surface area contributed by atoms with Gasteiger partial charge in [0, 0.05) is 11.3 Å². The summed E-state index contributed by atoms with van der Waals surface area (Å²) in [6.45, 7) is 1.68. The number of aryl methyl sites for hydroxylation is 1. The van der Waals surface area contributed by atoms with Crippen molar-refractivity contribution < 1.29 is 20.1 Å². The van der Waals surface area contributed by atoms with Crippen molar-refractivity contribution in [2.24, 2.45) is 0 Å². The van der Waals surface area contributed by atoms with Gasteiger partial charge in [0.05, 0.1) is 0 Å². The summed E-state index contributed by atoms with van der Waals surface area (Å²) in [6.07, 6.45) is -3.38. The second-order valence-corrected chi connectivity index (χ2v) is 3.31. The molecule has 0 saturated carbocycles. The van der Waals surface area contributed by atoms with Crippen LogP contribution in [0, 0.1) is 6.92 Å². The van der Waals surface area contributed by atoms with Crippen molar-refractivity contribution >= 4 is 11.7 Å². The predicted octanol–water partition coefficient (Wildman–Crippen LogP) is 0.0561. The van der Waals surface area contributed by atoms with Gasteiger partial charge >= 0.3 is 5.97 Å². The van der Waals surface area contributed by atoms with Gasteiger partial charge in [0.15, 0.2) is 6.10 Å². The maximum Gasteiger partial charge on any atom is 0.335 e. The number of carbonyl (C=O) groups is 1. The van der Waals surface area contributed by atoms with Crippen LogP contribution in [0.15, 0.2) is 18.2 Å². The van der Waals surface area contributed by atoms with E-state index in [0.29, 0.717) is 5.56 Å². The highest BCUT2D eigenvalue weighted by atomic mass is 16.4. The maximum absolute atomic E-state index is 10.5. The molecular formula is C10H13NO4. The van der Waals surface area contributed by atoms with Gasteiger partial charge in [0.1, 0.15) is 6.10 Å². The lowest BCUT2D eigenvalue weighted by molar-refractivity contribution is -0.153. The normalized spacial score (nSPS) is 14.6. The minimum absolute atomic E-state index is 0.257. The van der Waals surface area contributed by atoms with Crippen LogP contribution < -0.4 is 5.73 Å². The summed E-state index contributed by atoms with van der Waals surface area (Å²) in [5.41, 5.74) is 6.76. The van der Waals surface area contributed by atoms with Crippen molar-refractivity contribution in [1.82, 2.24) is 0 Å². The molecule has 0 aliphatic carbocycles. The molecule has 0 radical (unpaired) electrons. The van der Waals surface area contributed by atoms with Gasteiger partial charge in [-0.1, -0.05) is 12.1 Å². The molecule has 0 aromatic heterocycles. The minimum atomic E-state index is -1.87. The van der Waals surface area contributed by atoms with Crippen LogP contribution in [-0.4, -0.2) is 27.4 Å². The van der Waals surface area contributed by atoms with E-state index in [1.807, 2.05) is 0 Å². The fourth-order valence-corrected chi connectivity index (χ4v) is 1.40. The van der Waals surface area contributed by atoms with Crippen LogP contribution in [0.1, 0.15) is 17.2 Å². The Kier molecular flexibility index (Phi) is 3.28. The molecule has 0 fully saturated rings. The Morgan fingerprint density at radius 3 is 2.47 bits per heavy atom. The van der Waals surface area contributed by atoms with Gasteiger partial charge in [-0.2, -0.15) is 0 Å². The molecule has 0 bridgehead atoms. The highest BCUT2D eigenvalue weighted by molar-refractivity contribution is 5.74. The van der Waals surface area contributed by atoms with Gasteiger partial charge in [-0.15, -0.1) is 0 Å². The van der Waals surface area contributed by atoms with E-state index in [0.717, 1.165) is 0 Å². The Labute approximate surface area is 86.8 Å². The molecule has 2 unspecified atom stereocenters. The van der Waals surface area contributed by atoms with Crippen molar-refractivity contribution in [3.8, 4) is 0 Å². The quantitative estimate of drug-likeness (QED) is 0.529. The second-order valence-electron chi connectivity index (χ2n) is 3.31. The minimum Gasteiger partial charge on any atom is -0.479 e. The summed E-state index contributed by atoms with van der Waals surface area (Å²) in [5, 5.41) is 27.3. The molecule has 5 N–H and O–H groups in total. The van der Waals surface area contributed by atoms with Gasteiger partial charge in [0.25, 0.3) is 0 Å². The molecule has 15 heavy (non-hydrogen) atoms. The number of hydrogen-bond donors (Lipinski definition) is 4. The molecule has 0 heterocycles. The summed E-state index contributed by atoms with van der Waals surface area (Å²) >= 11 is 0. The number of carboxylic acids is 1. The van der Waals surface area contributed by atoms with E-state index in [-0.39, 0.29) is 11.3 Å². The fraction of sp³-hybridized carbons (Fsp3) is 0.300.